The van der Waals surface area contributed by atoms with Gasteiger partial charge in [-0.1, -0.05) is 84.9 Å². The Bertz CT molecular complexity index is 1460. The molecule has 2 unspecified atom stereocenters. The van der Waals surface area contributed by atoms with Gasteiger partial charge >= 0.3 is 0 Å². The van der Waals surface area contributed by atoms with E-state index in [0.717, 1.165) is 22.4 Å². The van der Waals surface area contributed by atoms with Crippen molar-refractivity contribution in [1.82, 2.24) is 9.80 Å². The zero-order chi connectivity index (χ0) is 27.9. The molecule has 0 aromatic heterocycles. The number of methoxy groups -OCH3 is 1. The molecule has 0 aliphatic carbocycles. The van der Waals surface area contributed by atoms with Gasteiger partial charge < -0.3 is 14.5 Å². The largest absolute Gasteiger partial charge is 0.497 e. The number of ether oxygens (including phenoxy) is 1. The topological polar surface area (TPSA) is 49.9 Å². The molecule has 5 nitrogen and oxygen atoms in total. The molecule has 0 fully saturated rings. The van der Waals surface area contributed by atoms with Crippen LogP contribution in [0.5, 0.6) is 5.75 Å². The Morgan fingerprint density at radius 1 is 0.850 bits per heavy atom. The third-order valence-corrected chi connectivity index (χ3v) is 7.18. The average molecular weight is 535 g/mol. The Morgan fingerprint density at radius 3 is 2.15 bits per heavy atom. The van der Waals surface area contributed by atoms with Gasteiger partial charge in [0.1, 0.15) is 17.6 Å². The van der Waals surface area contributed by atoms with E-state index in [0.29, 0.717) is 12.0 Å². The molecule has 202 valence electrons. The molecule has 0 bridgehead atoms. The van der Waals surface area contributed by atoms with Crippen LogP contribution in [0.15, 0.2) is 121 Å². The first-order valence-corrected chi connectivity index (χ1v) is 13.3. The summed E-state index contributed by atoms with van der Waals surface area (Å²) in [6.45, 7) is 0.535. The fraction of sp³-hybridized carbons (Fsp3) is 0.176. The van der Waals surface area contributed by atoms with Crippen molar-refractivity contribution in [1.29, 1.82) is 0 Å². The summed E-state index contributed by atoms with van der Waals surface area (Å²) in [6, 6.07) is 31.4. The summed E-state index contributed by atoms with van der Waals surface area (Å²) in [5.74, 6) is -0.000657. The van der Waals surface area contributed by atoms with Crippen LogP contribution in [0.1, 0.15) is 33.1 Å². The number of halogens is 1. The number of carbonyl (C=O) groups excluding carboxylic acids is 2. The maximum Gasteiger partial charge on any atom is 0.254 e. The third-order valence-electron chi connectivity index (χ3n) is 7.18. The molecule has 1 heterocycles. The predicted molar refractivity (Wildman–Crippen MR) is 153 cm³/mol. The van der Waals surface area contributed by atoms with E-state index in [2.05, 4.69) is 0 Å². The van der Waals surface area contributed by atoms with Crippen LogP contribution in [-0.2, 0) is 17.8 Å². The van der Waals surface area contributed by atoms with Crippen molar-refractivity contribution in [3.8, 4) is 5.75 Å². The normalized spacial score (nSPS) is 18.1. The second-order valence-corrected chi connectivity index (χ2v) is 9.77. The van der Waals surface area contributed by atoms with E-state index in [1.54, 1.807) is 41.2 Å². The quantitative estimate of drug-likeness (QED) is 0.264. The highest BCUT2D eigenvalue weighted by Crippen LogP contribution is 2.30. The van der Waals surface area contributed by atoms with Crippen LogP contribution in [-0.4, -0.2) is 41.3 Å². The summed E-state index contributed by atoms with van der Waals surface area (Å²) in [5.41, 5.74) is 3.19. The van der Waals surface area contributed by atoms with E-state index in [1.165, 1.54) is 12.1 Å². The molecule has 5 rings (SSSR count). The molecular weight excluding hydrogens is 503 g/mol. The summed E-state index contributed by atoms with van der Waals surface area (Å²) in [5, 5.41) is 0. The number of benzene rings is 4. The summed E-state index contributed by atoms with van der Waals surface area (Å²) < 4.78 is 19.1. The lowest BCUT2D eigenvalue weighted by Crippen LogP contribution is -2.53. The minimum Gasteiger partial charge on any atom is -0.497 e. The predicted octanol–water partition coefficient (Wildman–Crippen LogP) is 6.23. The Labute approximate surface area is 234 Å². The van der Waals surface area contributed by atoms with E-state index >= 15 is 0 Å². The molecule has 2 amide bonds. The van der Waals surface area contributed by atoms with Crippen LogP contribution in [0.4, 0.5) is 4.39 Å². The lowest BCUT2D eigenvalue weighted by atomic mass is 9.96. The van der Waals surface area contributed by atoms with Gasteiger partial charge in [0.15, 0.2) is 0 Å². The summed E-state index contributed by atoms with van der Waals surface area (Å²) in [6.07, 6.45) is 4.28. The zero-order valence-electron chi connectivity index (χ0n) is 22.3. The van der Waals surface area contributed by atoms with Crippen LogP contribution < -0.4 is 4.74 Å². The van der Waals surface area contributed by atoms with Crippen molar-refractivity contribution >= 4 is 11.8 Å². The zero-order valence-corrected chi connectivity index (χ0v) is 22.3. The van der Waals surface area contributed by atoms with Gasteiger partial charge in [-0.05, 0) is 53.1 Å². The van der Waals surface area contributed by atoms with Crippen molar-refractivity contribution in [2.75, 3.05) is 13.7 Å². The van der Waals surface area contributed by atoms with Crippen LogP contribution in [0.2, 0.25) is 0 Å². The Balaban J connectivity index is 1.59. The first-order valence-electron chi connectivity index (χ1n) is 13.3. The van der Waals surface area contributed by atoms with Crippen LogP contribution in [0, 0.1) is 5.82 Å². The number of hydrogen-bond donors (Lipinski definition) is 0. The summed E-state index contributed by atoms with van der Waals surface area (Å²) >= 11 is 0. The summed E-state index contributed by atoms with van der Waals surface area (Å²) in [4.78, 5) is 31.9. The number of hydrogen-bond acceptors (Lipinski definition) is 3. The lowest BCUT2D eigenvalue weighted by Gasteiger charge is -2.39. The molecule has 0 radical (unpaired) electrons. The molecular formula is C34H31FN2O3. The molecule has 40 heavy (non-hydrogen) atoms. The second kappa shape index (κ2) is 12.4. The molecule has 0 saturated carbocycles. The molecule has 4 aromatic rings. The van der Waals surface area contributed by atoms with E-state index in [4.69, 9.17) is 4.74 Å². The Kier molecular flexibility index (Phi) is 8.35. The smallest absolute Gasteiger partial charge is 0.254 e. The van der Waals surface area contributed by atoms with Crippen LogP contribution in [0.3, 0.4) is 0 Å². The van der Waals surface area contributed by atoms with Gasteiger partial charge in [0.05, 0.1) is 13.2 Å². The van der Waals surface area contributed by atoms with Crippen LogP contribution in [0.25, 0.3) is 0 Å². The van der Waals surface area contributed by atoms with Crippen molar-refractivity contribution in [3.05, 3.63) is 149 Å². The molecule has 6 heteroatoms. The fourth-order valence-electron chi connectivity index (χ4n) is 5.06. The highest BCUT2D eigenvalue weighted by molar-refractivity contribution is 5.98. The van der Waals surface area contributed by atoms with Gasteiger partial charge in [0.2, 0.25) is 5.91 Å². The van der Waals surface area contributed by atoms with Gasteiger partial charge in [0, 0.05) is 25.1 Å². The Hall–Kier alpha value is -4.71. The number of carbonyl (C=O) groups is 2. The van der Waals surface area contributed by atoms with E-state index < -0.39 is 12.1 Å². The number of amides is 2. The lowest BCUT2D eigenvalue weighted by molar-refractivity contribution is -0.138. The van der Waals surface area contributed by atoms with Gasteiger partial charge in [0.25, 0.3) is 5.91 Å². The maximum atomic E-state index is 14.6. The van der Waals surface area contributed by atoms with Crippen molar-refractivity contribution < 1.29 is 18.7 Å². The highest BCUT2D eigenvalue weighted by atomic mass is 19.1. The van der Waals surface area contributed by atoms with Crippen molar-refractivity contribution in [2.24, 2.45) is 0 Å². The Morgan fingerprint density at radius 2 is 1.50 bits per heavy atom. The summed E-state index contributed by atoms with van der Waals surface area (Å²) in [7, 11) is 1.61. The SMILES string of the molecule is COc1ccc(C2/C=C\CN(C(=O)c3ccccc3)C(Cc3ccccc3)C(=O)N2Cc2ccc(F)cc2)cc1. The molecule has 4 aromatic carbocycles. The molecule has 1 aliphatic rings. The van der Waals surface area contributed by atoms with E-state index in [-0.39, 0.29) is 30.7 Å². The van der Waals surface area contributed by atoms with Gasteiger partial charge in [-0.15, -0.1) is 0 Å². The molecule has 0 saturated heterocycles. The molecule has 0 spiro atoms. The average Bonchev–Trinajstić information content (AvgIpc) is 3.00. The van der Waals surface area contributed by atoms with E-state index in [9.17, 15) is 14.0 Å². The minimum atomic E-state index is -0.749. The number of rotatable bonds is 7. The minimum absolute atomic E-state index is 0.178. The second-order valence-electron chi connectivity index (χ2n) is 9.77. The van der Waals surface area contributed by atoms with Crippen LogP contribution >= 0.6 is 0 Å². The first kappa shape index (κ1) is 26.9. The maximum absolute atomic E-state index is 14.6. The molecule has 0 N–H and O–H groups in total. The van der Waals surface area contributed by atoms with Gasteiger partial charge in [-0.25, -0.2) is 4.39 Å². The first-order chi connectivity index (χ1) is 19.5. The monoisotopic (exact) mass is 534 g/mol. The van der Waals surface area contributed by atoms with E-state index in [1.807, 2.05) is 84.9 Å². The van der Waals surface area contributed by atoms with Crippen molar-refractivity contribution in [2.45, 2.75) is 25.0 Å². The number of nitrogens with zero attached hydrogens (tertiary/aromatic N) is 2. The standard InChI is InChI=1S/C34H31FN2O3/c1-40-30-20-16-27(17-21-30)31-13-8-22-36(33(38)28-11-6-3-7-12-28)32(23-25-9-4-2-5-10-25)34(39)37(31)24-26-14-18-29(35)19-15-26/h2-21,31-32H,22-24H2,1H3/b13-8-. The molecule has 2 atom stereocenters. The third kappa shape index (κ3) is 6.12. The highest BCUT2D eigenvalue weighted by Gasteiger charge is 2.37. The van der Waals surface area contributed by atoms with Gasteiger partial charge in [-0.3, -0.25) is 9.59 Å². The van der Waals surface area contributed by atoms with Crippen molar-refractivity contribution in [3.63, 3.8) is 0 Å². The molecule has 1 aliphatic heterocycles. The fourth-order valence-corrected chi connectivity index (χ4v) is 5.06. The van der Waals surface area contributed by atoms with Gasteiger partial charge in [-0.2, -0.15) is 0 Å².